The summed E-state index contributed by atoms with van der Waals surface area (Å²) in [4.78, 5) is 5.36. The number of hydrogen-bond donors (Lipinski definition) is 0. The summed E-state index contributed by atoms with van der Waals surface area (Å²) in [5.41, 5.74) is 24.2. The number of para-hydroxylation sites is 3. The van der Waals surface area contributed by atoms with Gasteiger partial charge in [-0.25, -0.2) is 0 Å². The van der Waals surface area contributed by atoms with Gasteiger partial charge in [0, 0.05) is 50.4 Å². The van der Waals surface area contributed by atoms with Crippen LogP contribution < -0.4 is 26.2 Å². The highest BCUT2D eigenvalue weighted by atomic mass is 15.2. The lowest BCUT2D eigenvalue weighted by Crippen LogP contribution is -2.61. The number of rotatable bonds is 2. The van der Waals surface area contributed by atoms with Crippen LogP contribution in [0.25, 0.3) is 22.3 Å². The molecule has 13 rings (SSSR count). The quantitative estimate of drug-likeness (QED) is 0.165. The van der Waals surface area contributed by atoms with Crippen molar-refractivity contribution in [3.8, 4) is 22.3 Å². The first-order valence-corrected chi connectivity index (χ1v) is 20.7. The summed E-state index contributed by atoms with van der Waals surface area (Å²) in [6, 6.07) is 58.6. The highest BCUT2D eigenvalue weighted by Gasteiger charge is 2.54. The van der Waals surface area contributed by atoms with Crippen LogP contribution in [0.1, 0.15) is 73.6 Å². The summed E-state index contributed by atoms with van der Waals surface area (Å²) in [6.07, 6.45) is 9.98. The fraction of sp³-hybridized carbons (Fsp3) is 0.192. The van der Waals surface area contributed by atoms with E-state index in [9.17, 15) is 0 Å². The standard InChI is InChI=1S/C52H41BN2/c1-3-17-34(18-4-1)54-44-26-12-11-25-42(44)53-43-28-27-40-46(36-21-7-9-23-38(36)51(40)29-13-14-30-51)49(43)55(35-19-5-2-6-20-35)50-47-37-22-8-10-24-39(37)52(31-15-16-32-52)41(47)33-45(54)48(50)53/h1-12,17-28,33H,13-16,29-32H2. The Morgan fingerprint density at radius 1 is 0.400 bits per heavy atom. The molecule has 3 heteroatoms. The van der Waals surface area contributed by atoms with E-state index in [4.69, 9.17) is 0 Å². The Morgan fingerprint density at radius 2 is 0.927 bits per heavy atom. The molecule has 262 valence electrons. The van der Waals surface area contributed by atoms with E-state index >= 15 is 0 Å². The molecule has 4 aliphatic carbocycles. The van der Waals surface area contributed by atoms with Gasteiger partial charge >= 0.3 is 0 Å². The second-order valence-corrected chi connectivity index (χ2v) is 17.0. The minimum Gasteiger partial charge on any atom is -0.311 e. The Kier molecular flexibility index (Phi) is 6.06. The smallest absolute Gasteiger partial charge is 0.252 e. The summed E-state index contributed by atoms with van der Waals surface area (Å²) in [6.45, 7) is 0.0892. The Hall–Kier alpha value is -5.80. The van der Waals surface area contributed by atoms with Crippen molar-refractivity contribution in [3.05, 3.63) is 174 Å². The molecular weight excluding hydrogens is 663 g/mol. The third kappa shape index (κ3) is 3.73. The van der Waals surface area contributed by atoms with E-state index in [1.165, 1.54) is 135 Å². The summed E-state index contributed by atoms with van der Waals surface area (Å²) >= 11 is 0. The van der Waals surface area contributed by atoms with Crippen molar-refractivity contribution >= 4 is 57.2 Å². The van der Waals surface area contributed by atoms with E-state index < -0.39 is 0 Å². The SMILES string of the molecule is c1ccc(N2c3ccccc3B3c4ccc5c(c4N(c4ccccc4)c4c3c2cc2c4-c3ccccc3C23CCCC3)-c2ccccc2C52CCCC2)cc1. The highest BCUT2D eigenvalue weighted by molar-refractivity contribution is 7.00. The molecule has 7 aromatic rings. The molecule has 0 radical (unpaired) electrons. The van der Waals surface area contributed by atoms with Gasteiger partial charge in [-0.15, -0.1) is 0 Å². The molecule has 2 spiro atoms. The Labute approximate surface area is 324 Å². The van der Waals surface area contributed by atoms with Gasteiger partial charge in [-0.2, -0.15) is 0 Å². The minimum atomic E-state index is 0.0219. The minimum absolute atomic E-state index is 0.0219. The monoisotopic (exact) mass is 704 g/mol. The van der Waals surface area contributed by atoms with E-state index in [-0.39, 0.29) is 17.5 Å². The summed E-state index contributed by atoms with van der Waals surface area (Å²) in [5.74, 6) is 0. The molecule has 2 fully saturated rings. The third-order valence-electron chi connectivity index (χ3n) is 14.7. The van der Waals surface area contributed by atoms with Crippen LogP contribution in [0.3, 0.4) is 0 Å². The first-order chi connectivity index (χ1) is 27.3. The largest absolute Gasteiger partial charge is 0.311 e. The van der Waals surface area contributed by atoms with Crippen LogP contribution in [-0.4, -0.2) is 6.71 Å². The Bertz CT molecular complexity index is 2740. The number of hydrogen-bond acceptors (Lipinski definition) is 2. The molecule has 2 nitrogen and oxygen atoms in total. The first-order valence-electron chi connectivity index (χ1n) is 20.7. The molecular formula is C52H41BN2. The van der Waals surface area contributed by atoms with Crippen LogP contribution in [0.5, 0.6) is 0 Å². The fourth-order valence-corrected chi connectivity index (χ4v) is 12.7. The molecule has 2 heterocycles. The van der Waals surface area contributed by atoms with Crippen molar-refractivity contribution in [1.29, 1.82) is 0 Å². The van der Waals surface area contributed by atoms with E-state index in [1.54, 1.807) is 11.1 Å². The summed E-state index contributed by atoms with van der Waals surface area (Å²) < 4.78 is 0. The Balaban J connectivity index is 1.24. The van der Waals surface area contributed by atoms with E-state index in [1.807, 2.05) is 0 Å². The molecule has 0 unspecified atom stereocenters. The maximum atomic E-state index is 2.76. The fourth-order valence-electron chi connectivity index (χ4n) is 12.7. The second kappa shape index (κ2) is 10.9. The van der Waals surface area contributed by atoms with Gasteiger partial charge in [-0.1, -0.05) is 141 Å². The number of benzene rings is 7. The van der Waals surface area contributed by atoms with Gasteiger partial charge in [0.2, 0.25) is 0 Å². The zero-order valence-corrected chi connectivity index (χ0v) is 31.1. The van der Waals surface area contributed by atoms with Crippen LogP contribution in [0.15, 0.2) is 152 Å². The lowest BCUT2D eigenvalue weighted by Gasteiger charge is -2.46. The number of fused-ring (bicyclic) bond motifs is 16. The predicted molar refractivity (Wildman–Crippen MR) is 230 cm³/mol. The van der Waals surface area contributed by atoms with Crippen LogP contribution in [0.2, 0.25) is 0 Å². The van der Waals surface area contributed by atoms with Gasteiger partial charge in [0.05, 0.1) is 5.69 Å². The van der Waals surface area contributed by atoms with E-state index in [0.29, 0.717) is 0 Å². The summed E-state index contributed by atoms with van der Waals surface area (Å²) in [7, 11) is 0. The van der Waals surface area contributed by atoms with Gasteiger partial charge in [-0.3, -0.25) is 0 Å². The van der Waals surface area contributed by atoms with Crippen LogP contribution in [-0.2, 0) is 10.8 Å². The zero-order chi connectivity index (χ0) is 35.9. The number of anilines is 6. The molecule has 0 amide bonds. The first kappa shape index (κ1) is 30.5. The Morgan fingerprint density at radius 3 is 1.58 bits per heavy atom. The molecule has 0 bridgehead atoms. The van der Waals surface area contributed by atoms with Crippen LogP contribution in [0, 0.1) is 0 Å². The molecule has 2 saturated carbocycles. The second-order valence-electron chi connectivity index (χ2n) is 17.0. The van der Waals surface area contributed by atoms with Crippen LogP contribution in [0.4, 0.5) is 34.1 Å². The average Bonchev–Trinajstić information content (AvgIpc) is 4.05. The van der Waals surface area contributed by atoms with Crippen molar-refractivity contribution in [3.63, 3.8) is 0 Å². The van der Waals surface area contributed by atoms with Gasteiger partial charge in [0.25, 0.3) is 6.71 Å². The number of nitrogens with zero attached hydrogens (tertiary/aromatic N) is 2. The molecule has 0 atom stereocenters. The molecule has 0 saturated heterocycles. The van der Waals surface area contributed by atoms with Crippen molar-refractivity contribution in [2.45, 2.75) is 62.2 Å². The van der Waals surface area contributed by atoms with Crippen molar-refractivity contribution in [2.24, 2.45) is 0 Å². The van der Waals surface area contributed by atoms with Crippen molar-refractivity contribution in [2.75, 3.05) is 9.80 Å². The molecule has 0 aromatic heterocycles. The van der Waals surface area contributed by atoms with Gasteiger partial charge in [-0.05, 0) is 112 Å². The molecule has 55 heavy (non-hydrogen) atoms. The lowest BCUT2D eigenvalue weighted by molar-refractivity contribution is 0.550. The average molecular weight is 705 g/mol. The third-order valence-corrected chi connectivity index (χ3v) is 14.7. The van der Waals surface area contributed by atoms with Crippen molar-refractivity contribution in [1.82, 2.24) is 0 Å². The molecule has 0 N–H and O–H groups in total. The maximum Gasteiger partial charge on any atom is 0.252 e. The van der Waals surface area contributed by atoms with Gasteiger partial charge < -0.3 is 9.80 Å². The van der Waals surface area contributed by atoms with Gasteiger partial charge in [0.15, 0.2) is 0 Å². The van der Waals surface area contributed by atoms with Gasteiger partial charge in [0.1, 0.15) is 0 Å². The zero-order valence-electron chi connectivity index (χ0n) is 31.1. The normalized spacial score (nSPS) is 18.1. The highest BCUT2D eigenvalue weighted by Crippen LogP contribution is 2.64. The summed E-state index contributed by atoms with van der Waals surface area (Å²) in [5, 5.41) is 0. The molecule has 2 aliphatic heterocycles. The predicted octanol–water partition coefficient (Wildman–Crippen LogP) is 11.5. The maximum absolute atomic E-state index is 2.76. The topological polar surface area (TPSA) is 6.48 Å². The van der Waals surface area contributed by atoms with E-state index in [2.05, 4.69) is 161 Å². The molecule has 6 aliphatic rings. The van der Waals surface area contributed by atoms with E-state index in [0.717, 1.165) is 0 Å². The molecule has 7 aromatic carbocycles. The lowest BCUT2D eigenvalue weighted by atomic mass is 9.33. The van der Waals surface area contributed by atoms with Crippen molar-refractivity contribution < 1.29 is 0 Å². The van der Waals surface area contributed by atoms with Crippen LogP contribution >= 0.6 is 0 Å².